The van der Waals surface area contributed by atoms with Crippen molar-refractivity contribution in [3.63, 3.8) is 0 Å². The van der Waals surface area contributed by atoms with Crippen LogP contribution >= 0.6 is 7.60 Å². The average Bonchev–Trinajstić information content (AvgIpc) is 2.53. The van der Waals surface area contributed by atoms with E-state index >= 15 is 0 Å². The lowest BCUT2D eigenvalue weighted by atomic mass is 10.0. The zero-order valence-corrected chi connectivity index (χ0v) is 16.4. The minimum Gasteiger partial charge on any atom is -0.391 e. The Hall–Kier alpha value is 0.0700. The summed E-state index contributed by atoms with van der Waals surface area (Å²) in [5.74, 6) is -1.44. The van der Waals surface area contributed by atoms with E-state index in [1.54, 1.807) is 0 Å². The maximum Gasteiger partial charge on any atom is 0.344 e. The molecule has 146 valence electrons. The summed E-state index contributed by atoms with van der Waals surface area (Å²) in [6.45, 7) is 2.25. The molecule has 0 aromatic heterocycles. The fourth-order valence-electron chi connectivity index (χ4n) is 2.94. The van der Waals surface area contributed by atoms with Crippen LogP contribution in [0.3, 0.4) is 0 Å². The second kappa shape index (κ2) is 15.3. The molecule has 0 aliphatic rings. The van der Waals surface area contributed by atoms with Crippen molar-refractivity contribution < 1.29 is 19.5 Å². The summed E-state index contributed by atoms with van der Waals surface area (Å²) in [5.41, 5.74) is 5.34. The molecule has 0 radical (unpaired) electrons. The Kier molecular flexibility index (Phi) is 15.4. The molecule has 0 fully saturated rings. The average molecular weight is 365 g/mol. The van der Waals surface area contributed by atoms with Crippen molar-refractivity contribution in [3.05, 3.63) is 0 Å². The topological polar surface area (TPSA) is 104 Å². The first kappa shape index (κ1) is 24.1. The van der Waals surface area contributed by atoms with Gasteiger partial charge in [-0.05, 0) is 6.42 Å². The minimum absolute atomic E-state index is 0.365. The van der Waals surface area contributed by atoms with Crippen molar-refractivity contribution in [2.24, 2.45) is 5.73 Å². The molecule has 0 aliphatic carbocycles. The van der Waals surface area contributed by atoms with E-state index in [4.69, 9.17) is 15.5 Å². The molecule has 0 rings (SSSR count). The summed E-state index contributed by atoms with van der Waals surface area (Å²) in [5, 5.41) is 9.63. The first-order valence-corrected chi connectivity index (χ1v) is 11.6. The van der Waals surface area contributed by atoms with Gasteiger partial charge in [-0.3, -0.25) is 4.57 Å². The molecule has 6 heteroatoms. The Morgan fingerprint density at radius 1 is 0.750 bits per heavy atom. The fourth-order valence-corrected chi connectivity index (χ4v) is 3.54. The highest BCUT2D eigenvalue weighted by atomic mass is 31.2. The number of unbranched alkanes of at least 4 members (excludes halogenated alkanes) is 13. The molecule has 5 N–H and O–H groups in total. The van der Waals surface area contributed by atoms with Gasteiger partial charge in [-0.25, -0.2) is 0 Å². The van der Waals surface area contributed by atoms with Crippen LogP contribution in [0.2, 0.25) is 0 Å². The van der Waals surface area contributed by atoms with Gasteiger partial charge in [0.05, 0.1) is 6.10 Å². The normalized spacial score (nSPS) is 14.7. The van der Waals surface area contributed by atoms with Gasteiger partial charge in [0.15, 0.2) is 0 Å². The van der Waals surface area contributed by atoms with Gasteiger partial charge in [-0.1, -0.05) is 96.8 Å². The largest absolute Gasteiger partial charge is 0.391 e. The van der Waals surface area contributed by atoms with Gasteiger partial charge in [0, 0.05) is 0 Å². The number of aliphatic hydroxyl groups excluding tert-OH is 1. The van der Waals surface area contributed by atoms with E-state index in [0.717, 1.165) is 19.3 Å². The van der Waals surface area contributed by atoms with Crippen LogP contribution in [0.4, 0.5) is 0 Å². The van der Waals surface area contributed by atoms with Gasteiger partial charge in [0.1, 0.15) is 5.78 Å². The Morgan fingerprint density at radius 3 is 1.42 bits per heavy atom. The molecule has 0 saturated carbocycles. The molecular formula is C18H40NO4P. The van der Waals surface area contributed by atoms with Crippen LogP contribution in [0.25, 0.3) is 0 Å². The van der Waals surface area contributed by atoms with Gasteiger partial charge in [0.25, 0.3) is 0 Å². The highest BCUT2D eigenvalue weighted by Crippen LogP contribution is 2.40. The molecule has 2 atom stereocenters. The van der Waals surface area contributed by atoms with Crippen LogP contribution in [0.15, 0.2) is 0 Å². The highest BCUT2D eigenvalue weighted by Gasteiger charge is 2.31. The molecule has 0 aromatic carbocycles. The quantitative estimate of drug-likeness (QED) is 0.221. The summed E-state index contributed by atoms with van der Waals surface area (Å²) in [6, 6.07) is 0. The second-order valence-corrected chi connectivity index (χ2v) is 8.81. The first-order chi connectivity index (χ1) is 11.4. The zero-order valence-electron chi connectivity index (χ0n) is 15.5. The third-order valence-corrected chi connectivity index (χ3v) is 5.76. The van der Waals surface area contributed by atoms with Gasteiger partial charge in [-0.2, -0.15) is 0 Å². The Labute approximate surface area is 148 Å². The predicted octanol–water partition coefficient (Wildman–Crippen LogP) is 4.68. The summed E-state index contributed by atoms with van der Waals surface area (Å²) < 4.78 is 10.9. The third kappa shape index (κ3) is 14.4. The van der Waals surface area contributed by atoms with Gasteiger partial charge >= 0.3 is 7.60 Å². The molecule has 0 aliphatic heterocycles. The van der Waals surface area contributed by atoms with E-state index in [9.17, 15) is 9.67 Å². The lowest BCUT2D eigenvalue weighted by Gasteiger charge is -2.19. The van der Waals surface area contributed by atoms with Crippen LogP contribution in [-0.4, -0.2) is 26.8 Å². The number of hydrogen-bond donors (Lipinski definition) is 4. The first-order valence-electron chi connectivity index (χ1n) is 9.88. The molecule has 0 bridgehead atoms. The van der Waals surface area contributed by atoms with Crippen LogP contribution in [0, 0.1) is 0 Å². The van der Waals surface area contributed by atoms with E-state index in [-0.39, 0.29) is 0 Å². The van der Waals surface area contributed by atoms with Crippen molar-refractivity contribution in [1.29, 1.82) is 0 Å². The van der Waals surface area contributed by atoms with E-state index in [0.29, 0.717) is 6.42 Å². The molecule has 0 spiro atoms. The molecule has 2 unspecified atom stereocenters. The van der Waals surface area contributed by atoms with E-state index < -0.39 is 19.5 Å². The number of nitrogens with two attached hydrogens (primary N) is 1. The molecule has 5 nitrogen and oxygen atoms in total. The summed E-state index contributed by atoms with van der Waals surface area (Å²) in [7, 11) is -4.37. The molecule has 24 heavy (non-hydrogen) atoms. The smallest absolute Gasteiger partial charge is 0.344 e. The predicted molar refractivity (Wildman–Crippen MR) is 101 cm³/mol. The van der Waals surface area contributed by atoms with E-state index in [2.05, 4.69) is 6.92 Å². The van der Waals surface area contributed by atoms with Crippen LogP contribution in [0.1, 0.15) is 103 Å². The number of rotatable bonds is 17. The van der Waals surface area contributed by atoms with Gasteiger partial charge in [-0.15, -0.1) is 0 Å². The molecule has 0 amide bonds. The minimum atomic E-state index is -4.37. The molecule has 0 saturated heterocycles. The summed E-state index contributed by atoms with van der Waals surface area (Å²) in [6.07, 6.45) is 16.9. The third-order valence-electron chi connectivity index (χ3n) is 4.64. The Morgan fingerprint density at radius 2 is 1.08 bits per heavy atom. The van der Waals surface area contributed by atoms with Crippen LogP contribution < -0.4 is 5.73 Å². The van der Waals surface area contributed by atoms with Crippen LogP contribution in [0.5, 0.6) is 0 Å². The van der Waals surface area contributed by atoms with Crippen molar-refractivity contribution in [2.45, 2.75) is 115 Å². The summed E-state index contributed by atoms with van der Waals surface area (Å²) >= 11 is 0. The van der Waals surface area contributed by atoms with Crippen molar-refractivity contribution >= 4 is 7.60 Å². The van der Waals surface area contributed by atoms with Gasteiger partial charge < -0.3 is 20.6 Å². The maximum absolute atomic E-state index is 10.9. The van der Waals surface area contributed by atoms with Crippen molar-refractivity contribution in [2.75, 3.05) is 0 Å². The van der Waals surface area contributed by atoms with Gasteiger partial charge in [0.2, 0.25) is 0 Å². The lowest BCUT2D eigenvalue weighted by molar-refractivity contribution is 0.145. The number of hydrogen-bond acceptors (Lipinski definition) is 3. The lowest BCUT2D eigenvalue weighted by Crippen LogP contribution is -2.34. The number of aliphatic hydroxyl groups is 1. The standard InChI is InChI=1S/C18H40NO4P/c1-2-3-4-5-6-7-8-9-10-11-12-13-14-15-16-17(20)18(19)24(21,22)23/h17-18,20H,2-16,19H2,1H3,(H2,21,22,23). The summed E-state index contributed by atoms with van der Waals surface area (Å²) in [4.78, 5) is 17.8. The van der Waals surface area contributed by atoms with E-state index in [1.165, 1.54) is 70.6 Å². The maximum atomic E-state index is 10.9. The Balaban J connectivity index is 3.27. The molecule has 0 heterocycles. The zero-order chi connectivity index (χ0) is 18.3. The highest BCUT2D eigenvalue weighted by molar-refractivity contribution is 7.52. The SMILES string of the molecule is CCCCCCCCCCCCCCCCC(O)C(N)P(=O)(O)O. The second-order valence-electron chi connectivity index (χ2n) is 7.03. The Bertz CT molecular complexity index is 322. The van der Waals surface area contributed by atoms with E-state index in [1.807, 2.05) is 0 Å². The van der Waals surface area contributed by atoms with Crippen molar-refractivity contribution in [1.82, 2.24) is 0 Å². The monoisotopic (exact) mass is 365 g/mol. The molecule has 0 aromatic rings. The van der Waals surface area contributed by atoms with Crippen LogP contribution in [-0.2, 0) is 4.57 Å². The van der Waals surface area contributed by atoms with Crippen molar-refractivity contribution in [3.8, 4) is 0 Å². The fraction of sp³-hybridized carbons (Fsp3) is 1.00. The molecular weight excluding hydrogens is 325 g/mol.